The van der Waals surface area contributed by atoms with Crippen LogP contribution in [0.4, 0.5) is 0 Å². The molecule has 1 N–H and O–H groups in total. The standard InChI is InChI=1S/C19H18BrN3O4/c20-16-6-5-15(26-16)18(25)21-11-17(24)23-9-7-12(8-10-23)19-22-13-3-1-2-4-14(13)27-19/h1-6,12H,7-11H2,(H,21,25). The minimum Gasteiger partial charge on any atom is -0.444 e. The summed E-state index contributed by atoms with van der Waals surface area (Å²) in [6, 6.07) is 10.9. The average Bonchev–Trinajstić information content (AvgIpc) is 3.32. The van der Waals surface area contributed by atoms with Gasteiger partial charge >= 0.3 is 0 Å². The maximum absolute atomic E-state index is 12.4. The summed E-state index contributed by atoms with van der Waals surface area (Å²) in [5, 5.41) is 2.59. The molecule has 1 saturated heterocycles. The van der Waals surface area contributed by atoms with Crippen molar-refractivity contribution in [3.05, 3.63) is 52.7 Å². The maximum Gasteiger partial charge on any atom is 0.287 e. The number of nitrogens with zero attached hydrogens (tertiary/aromatic N) is 2. The lowest BCUT2D eigenvalue weighted by Crippen LogP contribution is -2.43. The van der Waals surface area contributed by atoms with Gasteiger partial charge in [0.15, 0.2) is 21.9 Å². The highest BCUT2D eigenvalue weighted by Crippen LogP contribution is 2.29. The number of rotatable bonds is 4. The molecule has 0 unspecified atom stereocenters. The number of hydrogen-bond donors (Lipinski definition) is 1. The second-order valence-corrected chi connectivity index (χ2v) is 7.24. The third kappa shape index (κ3) is 3.90. The quantitative estimate of drug-likeness (QED) is 0.684. The summed E-state index contributed by atoms with van der Waals surface area (Å²) in [6.07, 6.45) is 1.58. The number of piperidine rings is 1. The van der Waals surface area contributed by atoms with Crippen LogP contribution in [0, 0.1) is 0 Å². The van der Waals surface area contributed by atoms with Gasteiger partial charge in [-0.3, -0.25) is 9.59 Å². The van der Waals surface area contributed by atoms with Gasteiger partial charge in [-0.25, -0.2) is 4.98 Å². The van der Waals surface area contributed by atoms with Gasteiger partial charge in [0.05, 0.1) is 6.54 Å². The van der Waals surface area contributed by atoms with E-state index in [0.717, 1.165) is 29.8 Å². The van der Waals surface area contributed by atoms with E-state index in [1.807, 2.05) is 24.3 Å². The topological polar surface area (TPSA) is 88.6 Å². The number of likely N-dealkylation sites (tertiary alicyclic amines) is 1. The molecule has 140 valence electrons. The van der Waals surface area contributed by atoms with E-state index in [4.69, 9.17) is 8.83 Å². The normalized spacial score (nSPS) is 15.2. The first-order valence-corrected chi connectivity index (χ1v) is 9.56. The zero-order valence-electron chi connectivity index (χ0n) is 14.5. The Morgan fingerprint density at radius 1 is 1.15 bits per heavy atom. The molecule has 27 heavy (non-hydrogen) atoms. The molecule has 0 radical (unpaired) electrons. The largest absolute Gasteiger partial charge is 0.444 e. The zero-order chi connectivity index (χ0) is 18.8. The monoisotopic (exact) mass is 431 g/mol. The Morgan fingerprint density at radius 2 is 1.93 bits per heavy atom. The van der Waals surface area contributed by atoms with Gasteiger partial charge in [-0.05, 0) is 53.0 Å². The number of para-hydroxylation sites is 2. The molecule has 1 aliphatic heterocycles. The van der Waals surface area contributed by atoms with Gasteiger partial charge in [0.25, 0.3) is 5.91 Å². The Hall–Kier alpha value is -2.61. The molecular formula is C19H18BrN3O4. The molecular weight excluding hydrogens is 414 g/mol. The number of benzene rings is 1. The first kappa shape index (κ1) is 17.8. The Labute approximate surface area is 163 Å². The van der Waals surface area contributed by atoms with Crippen molar-refractivity contribution in [3.63, 3.8) is 0 Å². The summed E-state index contributed by atoms with van der Waals surface area (Å²) >= 11 is 3.14. The van der Waals surface area contributed by atoms with Crippen molar-refractivity contribution in [1.29, 1.82) is 0 Å². The van der Waals surface area contributed by atoms with Crippen LogP contribution in [0.15, 0.2) is 49.9 Å². The van der Waals surface area contributed by atoms with Crippen LogP contribution in [0.2, 0.25) is 0 Å². The fraction of sp³-hybridized carbons (Fsp3) is 0.316. The molecule has 0 saturated carbocycles. The molecule has 7 nitrogen and oxygen atoms in total. The molecule has 0 atom stereocenters. The number of carbonyl (C=O) groups is 2. The number of fused-ring (bicyclic) bond motifs is 1. The molecule has 1 aliphatic rings. The Kier molecular flexibility index (Phi) is 4.98. The van der Waals surface area contributed by atoms with Crippen molar-refractivity contribution in [2.45, 2.75) is 18.8 Å². The first-order valence-electron chi connectivity index (χ1n) is 8.77. The van der Waals surface area contributed by atoms with Crippen molar-refractivity contribution in [2.24, 2.45) is 0 Å². The Balaban J connectivity index is 1.29. The fourth-order valence-corrected chi connectivity index (χ4v) is 3.54. The number of aromatic nitrogens is 1. The van der Waals surface area contributed by atoms with Crippen molar-refractivity contribution in [3.8, 4) is 0 Å². The van der Waals surface area contributed by atoms with Gasteiger partial charge in [-0.2, -0.15) is 0 Å². The van der Waals surface area contributed by atoms with Gasteiger partial charge in [0.2, 0.25) is 5.91 Å². The number of oxazole rings is 1. The predicted octanol–water partition coefficient (Wildman–Crippen LogP) is 3.32. The molecule has 3 heterocycles. The summed E-state index contributed by atoms with van der Waals surface area (Å²) < 4.78 is 11.5. The molecule has 4 rings (SSSR count). The number of carbonyl (C=O) groups excluding carboxylic acids is 2. The van der Waals surface area contributed by atoms with Crippen molar-refractivity contribution < 1.29 is 18.4 Å². The fourth-order valence-electron chi connectivity index (χ4n) is 3.23. The lowest BCUT2D eigenvalue weighted by Gasteiger charge is -2.30. The first-order chi connectivity index (χ1) is 13.1. The van der Waals surface area contributed by atoms with Crippen LogP contribution in [0.5, 0.6) is 0 Å². The van der Waals surface area contributed by atoms with Crippen LogP contribution in [0.3, 0.4) is 0 Å². The van der Waals surface area contributed by atoms with Crippen molar-refractivity contribution in [2.75, 3.05) is 19.6 Å². The van der Waals surface area contributed by atoms with E-state index in [9.17, 15) is 9.59 Å². The molecule has 1 fully saturated rings. The van der Waals surface area contributed by atoms with Crippen molar-refractivity contribution >= 4 is 38.8 Å². The number of furan rings is 1. The van der Waals surface area contributed by atoms with Gasteiger partial charge in [-0.1, -0.05) is 12.1 Å². The lowest BCUT2D eigenvalue weighted by molar-refractivity contribution is -0.131. The van der Waals surface area contributed by atoms with Crippen LogP contribution in [-0.4, -0.2) is 41.3 Å². The summed E-state index contributed by atoms with van der Waals surface area (Å²) in [5.74, 6) is 0.598. The second kappa shape index (κ2) is 7.56. The Bertz CT molecular complexity index is 939. The van der Waals surface area contributed by atoms with Crippen LogP contribution < -0.4 is 5.32 Å². The average molecular weight is 432 g/mol. The second-order valence-electron chi connectivity index (χ2n) is 6.46. The third-order valence-electron chi connectivity index (χ3n) is 4.70. The third-order valence-corrected chi connectivity index (χ3v) is 5.13. The summed E-state index contributed by atoms with van der Waals surface area (Å²) in [5.41, 5.74) is 1.65. The molecule has 2 amide bonds. The zero-order valence-corrected chi connectivity index (χ0v) is 16.1. The maximum atomic E-state index is 12.4. The molecule has 0 aliphatic carbocycles. The molecule has 2 aromatic heterocycles. The van der Waals surface area contributed by atoms with Crippen LogP contribution in [-0.2, 0) is 4.79 Å². The Morgan fingerprint density at radius 3 is 2.63 bits per heavy atom. The SMILES string of the molecule is O=C(NCC(=O)N1CCC(c2nc3ccccc3o2)CC1)c1ccc(Br)o1. The highest BCUT2D eigenvalue weighted by atomic mass is 79.9. The van der Waals surface area contributed by atoms with Gasteiger partial charge in [-0.15, -0.1) is 0 Å². The molecule has 0 bridgehead atoms. The van der Waals surface area contributed by atoms with Crippen LogP contribution in [0.1, 0.15) is 35.2 Å². The van der Waals surface area contributed by atoms with E-state index in [1.54, 1.807) is 17.0 Å². The van der Waals surface area contributed by atoms with Crippen LogP contribution in [0.25, 0.3) is 11.1 Å². The van der Waals surface area contributed by atoms with Gasteiger partial charge in [0, 0.05) is 19.0 Å². The molecule has 3 aromatic rings. The van der Waals surface area contributed by atoms with Gasteiger partial charge in [0.1, 0.15) is 5.52 Å². The lowest BCUT2D eigenvalue weighted by atomic mass is 9.97. The summed E-state index contributed by atoms with van der Waals surface area (Å²) in [4.78, 5) is 30.6. The molecule has 8 heteroatoms. The van der Waals surface area contributed by atoms with E-state index in [1.165, 1.54) is 0 Å². The van der Waals surface area contributed by atoms with E-state index in [2.05, 4.69) is 26.2 Å². The van der Waals surface area contributed by atoms with Gasteiger partial charge < -0.3 is 19.1 Å². The van der Waals surface area contributed by atoms with E-state index in [0.29, 0.717) is 17.8 Å². The van der Waals surface area contributed by atoms with Crippen LogP contribution >= 0.6 is 15.9 Å². The molecule has 1 aromatic carbocycles. The van der Waals surface area contributed by atoms with Crippen molar-refractivity contribution in [1.82, 2.24) is 15.2 Å². The number of halogens is 1. The molecule has 0 spiro atoms. The minimum atomic E-state index is -0.407. The minimum absolute atomic E-state index is 0.0509. The number of amides is 2. The van der Waals surface area contributed by atoms with E-state index >= 15 is 0 Å². The predicted molar refractivity (Wildman–Crippen MR) is 101 cm³/mol. The number of nitrogens with one attached hydrogen (secondary N) is 1. The summed E-state index contributed by atoms with van der Waals surface area (Å²) in [7, 11) is 0. The van der Waals surface area contributed by atoms with E-state index in [-0.39, 0.29) is 24.1 Å². The van der Waals surface area contributed by atoms with E-state index < -0.39 is 5.91 Å². The highest BCUT2D eigenvalue weighted by molar-refractivity contribution is 9.10. The smallest absolute Gasteiger partial charge is 0.287 e. The number of hydrogen-bond acceptors (Lipinski definition) is 5. The summed E-state index contributed by atoms with van der Waals surface area (Å²) in [6.45, 7) is 1.18. The highest BCUT2D eigenvalue weighted by Gasteiger charge is 2.27.